The molecule has 0 saturated heterocycles. The van der Waals surface area contributed by atoms with Crippen LogP contribution in [0.4, 0.5) is 0 Å². The fourth-order valence-electron chi connectivity index (χ4n) is 1.68. The summed E-state index contributed by atoms with van der Waals surface area (Å²) in [5, 5.41) is 4.84. The van der Waals surface area contributed by atoms with Gasteiger partial charge in [-0.3, -0.25) is 4.68 Å². The molecule has 0 bridgehead atoms. The largest absolute Gasteiger partial charge is 0.253 e. The molecule has 94 valence electrons. The van der Waals surface area contributed by atoms with Gasteiger partial charge in [-0.2, -0.15) is 5.10 Å². The van der Waals surface area contributed by atoms with E-state index in [1.807, 2.05) is 28.9 Å². The number of hydrogen-bond donors (Lipinski definition) is 0. The maximum atomic E-state index is 5.83. The van der Waals surface area contributed by atoms with Gasteiger partial charge in [-0.05, 0) is 37.0 Å². The third kappa shape index (κ3) is 4.34. The van der Waals surface area contributed by atoms with E-state index in [0.717, 1.165) is 30.8 Å². The molecule has 18 heavy (non-hydrogen) atoms. The van der Waals surface area contributed by atoms with Crippen molar-refractivity contribution in [3.8, 4) is 0 Å². The Bertz CT molecular complexity index is 474. The maximum Gasteiger partial charge on any atom is 0.137 e. The molecule has 0 N–H and O–H groups in total. The van der Waals surface area contributed by atoms with Crippen LogP contribution in [0.1, 0.15) is 24.8 Å². The lowest BCUT2D eigenvalue weighted by molar-refractivity contribution is 0.559. The second-order valence-corrected chi connectivity index (χ2v) is 4.54. The first kappa shape index (κ1) is 12.8. The number of aromatic nitrogens is 3. The number of allylic oxidation sites excluding steroid dienone is 1. The Kier molecular flexibility index (Phi) is 4.97. The molecule has 3 nitrogen and oxygen atoms in total. The van der Waals surface area contributed by atoms with Crippen LogP contribution in [-0.2, 0) is 6.54 Å². The van der Waals surface area contributed by atoms with Gasteiger partial charge in [0.25, 0.3) is 0 Å². The summed E-state index contributed by atoms with van der Waals surface area (Å²) in [6.07, 6.45) is 11.0. The Labute approximate surface area is 112 Å². The highest BCUT2D eigenvalue weighted by Crippen LogP contribution is 2.11. The zero-order chi connectivity index (χ0) is 12.6. The minimum atomic E-state index is 0.778. The van der Waals surface area contributed by atoms with Crippen molar-refractivity contribution in [2.45, 2.75) is 25.8 Å². The molecule has 2 rings (SSSR count). The van der Waals surface area contributed by atoms with E-state index in [0.29, 0.717) is 0 Å². The standard InChI is InChI=1S/C14H16ClN3/c15-14-8-6-13(7-9-14)5-3-1-2-4-10-18-12-16-11-17-18/h3,5-9,11-12H,1-2,4,10H2/b5-3+. The fraction of sp³-hybridized carbons (Fsp3) is 0.286. The van der Waals surface area contributed by atoms with Crippen molar-refractivity contribution in [1.82, 2.24) is 14.8 Å². The summed E-state index contributed by atoms with van der Waals surface area (Å²) in [5.41, 5.74) is 1.19. The molecule has 0 aliphatic carbocycles. The zero-order valence-electron chi connectivity index (χ0n) is 10.2. The fourth-order valence-corrected chi connectivity index (χ4v) is 1.80. The molecule has 2 aromatic rings. The number of unbranched alkanes of at least 4 members (excludes halogenated alkanes) is 2. The van der Waals surface area contributed by atoms with Crippen LogP contribution in [0.5, 0.6) is 0 Å². The molecule has 4 heteroatoms. The number of benzene rings is 1. The average Bonchev–Trinajstić information content (AvgIpc) is 2.89. The van der Waals surface area contributed by atoms with Crippen LogP contribution < -0.4 is 0 Å². The van der Waals surface area contributed by atoms with E-state index in [2.05, 4.69) is 22.2 Å². The normalized spacial score (nSPS) is 11.2. The van der Waals surface area contributed by atoms with Crippen molar-refractivity contribution in [3.05, 3.63) is 53.6 Å². The van der Waals surface area contributed by atoms with Crippen molar-refractivity contribution < 1.29 is 0 Å². The minimum absolute atomic E-state index is 0.778. The Morgan fingerprint density at radius 2 is 2.00 bits per heavy atom. The van der Waals surface area contributed by atoms with Gasteiger partial charge >= 0.3 is 0 Å². The summed E-state index contributed by atoms with van der Waals surface area (Å²) in [6, 6.07) is 7.86. The smallest absolute Gasteiger partial charge is 0.137 e. The molecule has 0 spiro atoms. The Hall–Kier alpha value is -1.61. The Morgan fingerprint density at radius 3 is 2.72 bits per heavy atom. The number of hydrogen-bond acceptors (Lipinski definition) is 2. The third-order valence-corrected chi connectivity index (χ3v) is 2.91. The predicted molar refractivity (Wildman–Crippen MR) is 74.4 cm³/mol. The molecule has 1 heterocycles. The van der Waals surface area contributed by atoms with Crippen molar-refractivity contribution in [2.75, 3.05) is 0 Å². The molecule has 0 saturated carbocycles. The highest BCUT2D eigenvalue weighted by Gasteiger charge is 1.91. The SMILES string of the molecule is Clc1ccc(/C=C/CCCCn2cncn2)cc1. The molecule has 0 aliphatic heterocycles. The molecular weight excluding hydrogens is 246 g/mol. The lowest BCUT2D eigenvalue weighted by atomic mass is 10.1. The van der Waals surface area contributed by atoms with E-state index in [1.54, 1.807) is 12.7 Å². The first-order valence-electron chi connectivity index (χ1n) is 6.09. The molecule has 1 aromatic carbocycles. The van der Waals surface area contributed by atoms with E-state index >= 15 is 0 Å². The van der Waals surface area contributed by atoms with E-state index < -0.39 is 0 Å². The van der Waals surface area contributed by atoms with Gasteiger partial charge in [0.15, 0.2) is 0 Å². The van der Waals surface area contributed by atoms with Crippen molar-refractivity contribution in [1.29, 1.82) is 0 Å². The lowest BCUT2D eigenvalue weighted by Crippen LogP contribution is -1.97. The lowest BCUT2D eigenvalue weighted by Gasteiger charge is -1.98. The van der Waals surface area contributed by atoms with E-state index in [-0.39, 0.29) is 0 Å². The van der Waals surface area contributed by atoms with Crippen LogP contribution >= 0.6 is 11.6 Å². The monoisotopic (exact) mass is 261 g/mol. The molecule has 0 unspecified atom stereocenters. The molecule has 0 amide bonds. The first-order chi connectivity index (χ1) is 8.84. The second kappa shape index (κ2) is 6.97. The molecule has 0 fully saturated rings. The summed E-state index contributed by atoms with van der Waals surface area (Å²) < 4.78 is 1.86. The van der Waals surface area contributed by atoms with E-state index in [4.69, 9.17) is 11.6 Å². The van der Waals surface area contributed by atoms with Crippen LogP contribution in [0.3, 0.4) is 0 Å². The highest BCUT2D eigenvalue weighted by molar-refractivity contribution is 6.30. The summed E-state index contributed by atoms with van der Waals surface area (Å²) in [6.45, 7) is 0.939. The quantitative estimate of drug-likeness (QED) is 0.740. The van der Waals surface area contributed by atoms with Gasteiger partial charge in [-0.25, -0.2) is 4.98 Å². The number of rotatable bonds is 6. The zero-order valence-corrected chi connectivity index (χ0v) is 10.9. The van der Waals surface area contributed by atoms with Gasteiger partial charge in [-0.15, -0.1) is 0 Å². The third-order valence-electron chi connectivity index (χ3n) is 2.65. The number of nitrogens with zero attached hydrogens (tertiary/aromatic N) is 3. The molecule has 1 aromatic heterocycles. The first-order valence-corrected chi connectivity index (χ1v) is 6.47. The van der Waals surface area contributed by atoms with Crippen molar-refractivity contribution in [2.24, 2.45) is 0 Å². The van der Waals surface area contributed by atoms with Crippen molar-refractivity contribution >= 4 is 17.7 Å². The number of halogens is 1. The second-order valence-electron chi connectivity index (χ2n) is 4.11. The van der Waals surface area contributed by atoms with Crippen LogP contribution in [0.25, 0.3) is 6.08 Å². The summed E-state index contributed by atoms with van der Waals surface area (Å²) in [5.74, 6) is 0. The number of aryl methyl sites for hydroxylation is 1. The van der Waals surface area contributed by atoms with Gasteiger partial charge in [0.2, 0.25) is 0 Å². The van der Waals surface area contributed by atoms with Crippen molar-refractivity contribution in [3.63, 3.8) is 0 Å². The molecule has 0 aliphatic rings. The summed E-state index contributed by atoms with van der Waals surface area (Å²) >= 11 is 5.83. The van der Waals surface area contributed by atoms with Crippen LogP contribution in [0.2, 0.25) is 5.02 Å². The van der Waals surface area contributed by atoms with Gasteiger partial charge in [0.1, 0.15) is 12.7 Å². The molecule has 0 atom stereocenters. The van der Waals surface area contributed by atoms with Gasteiger partial charge in [-0.1, -0.05) is 35.9 Å². The molecule has 0 radical (unpaired) electrons. The average molecular weight is 262 g/mol. The highest BCUT2D eigenvalue weighted by atomic mass is 35.5. The van der Waals surface area contributed by atoms with Crippen LogP contribution in [0, 0.1) is 0 Å². The topological polar surface area (TPSA) is 30.7 Å². The molecular formula is C14H16ClN3. The van der Waals surface area contributed by atoms with E-state index in [9.17, 15) is 0 Å². The van der Waals surface area contributed by atoms with Crippen LogP contribution in [0.15, 0.2) is 43.0 Å². The van der Waals surface area contributed by atoms with Gasteiger partial charge in [0.05, 0.1) is 0 Å². The van der Waals surface area contributed by atoms with E-state index in [1.165, 1.54) is 5.56 Å². The Morgan fingerprint density at radius 1 is 1.17 bits per heavy atom. The minimum Gasteiger partial charge on any atom is -0.253 e. The van der Waals surface area contributed by atoms with Gasteiger partial charge in [0, 0.05) is 11.6 Å². The predicted octanol–water partition coefficient (Wildman–Crippen LogP) is 3.82. The van der Waals surface area contributed by atoms with Crippen LogP contribution in [-0.4, -0.2) is 14.8 Å². The summed E-state index contributed by atoms with van der Waals surface area (Å²) in [4.78, 5) is 3.91. The summed E-state index contributed by atoms with van der Waals surface area (Å²) in [7, 11) is 0. The Balaban J connectivity index is 1.64. The van der Waals surface area contributed by atoms with Gasteiger partial charge < -0.3 is 0 Å². The maximum absolute atomic E-state index is 5.83.